The molecular weight excluding hydrogens is 290 g/mol. The van der Waals surface area contributed by atoms with Gasteiger partial charge in [-0.1, -0.05) is 0 Å². The van der Waals surface area contributed by atoms with Gasteiger partial charge in [-0.05, 0) is 13.0 Å². The largest absolute Gasteiger partial charge is 0.393 e. The summed E-state index contributed by atoms with van der Waals surface area (Å²) in [5.41, 5.74) is 1.25. The lowest BCUT2D eigenvalue weighted by Crippen LogP contribution is -2.52. The average molecular weight is 306 g/mol. The van der Waals surface area contributed by atoms with Crippen LogP contribution in [0.2, 0.25) is 0 Å². The van der Waals surface area contributed by atoms with E-state index in [4.69, 9.17) is 22.1 Å². The average Bonchev–Trinajstić information content (AvgIpc) is 2.60. The van der Waals surface area contributed by atoms with Crippen LogP contribution in [0.1, 0.15) is 13.2 Å². The lowest BCUT2D eigenvalue weighted by Gasteiger charge is -2.29. The van der Waals surface area contributed by atoms with Crippen molar-refractivity contribution in [1.29, 1.82) is 0 Å². The number of anilines is 1. The van der Waals surface area contributed by atoms with Gasteiger partial charge in [-0.25, -0.2) is 4.79 Å². The molecule has 20 heavy (non-hydrogen) atoms. The molecule has 0 bridgehead atoms. The van der Waals surface area contributed by atoms with Crippen molar-refractivity contribution in [3.63, 3.8) is 0 Å². The molecule has 112 valence electrons. The van der Waals surface area contributed by atoms with Crippen LogP contribution in [0.5, 0.6) is 0 Å². The molecule has 0 amide bonds. The number of rotatable bonds is 3. The molecule has 1 saturated heterocycles. The highest BCUT2D eigenvalue weighted by Crippen LogP contribution is 2.44. The quantitative estimate of drug-likeness (QED) is 0.496. The van der Waals surface area contributed by atoms with Gasteiger partial charge in [0.1, 0.15) is 23.1 Å². The van der Waals surface area contributed by atoms with Crippen molar-refractivity contribution >= 4 is 17.4 Å². The first kappa shape index (κ1) is 15.2. The monoisotopic (exact) mass is 305 g/mol. The Bertz CT molecular complexity index is 557. The zero-order valence-corrected chi connectivity index (χ0v) is 11.5. The summed E-state index contributed by atoms with van der Waals surface area (Å²) in [7, 11) is 0. The van der Waals surface area contributed by atoms with Gasteiger partial charge >= 0.3 is 5.69 Å². The van der Waals surface area contributed by atoms with E-state index in [1.54, 1.807) is 0 Å². The van der Waals surface area contributed by atoms with Crippen LogP contribution in [0.3, 0.4) is 0 Å². The van der Waals surface area contributed by atoms with Crippen LogP contribution >= 0.6 is 11.6 Å². The number of alkyl halides is 1. The molecule has 0 aromatic carbocycles. The number of aromatic nitrogens is 2. The summed E-state index contributed by atoms with van der Waals surface area (Å²) in [5, 5.41) is 30.0. The number of ether oxygens (including phenoxy) is 1. The molecule has 1 aliphatic rings. The van der Waals surface area contributed by atoms with Crippen molar-refractivity contribution in [1.82, 2.24) is 9.55 Å². The molecule has 1 aliphatic heterocycles. The van der Waals surface area contributed by atoms with Crippen molar-refractivity contribution < 1.29 is 20.1 Å². The molecule has 0 unspecified atom stereocenters. The van der Waals surface area contributed by atoms with Crippen LogP contribution in [0, 0.1) is 0 Å². The second-order valence-corrected chi connectivity index (χ2v) is 5.26. The first-order valence-corrected chi connectivity index (χ1v) is 6.41. The van der Waals surface area contributed by atoms with Crippen molar-refractivity contribution in [3.8, 4) is 0 Å². The summed E-state index contributed by atoms with van der Waals surface area (Å²) in [6, 6.07) is 1.35. The summed E-state index contributed by atoms with van der Waals surface area (Å²) in [5.74, 6) is -0.232. The smallest absolute Gasteiger partial charge is 0.351 e. The fraction of sp³-hybridized carbons (Fsp3) is 0.636. The van der Waals surface area contributed by atoms with E-state index in [0.717, 1.165) is 4.57 Å². The maximum atomic E-state index is 11.8. The van der Waals surface area contributed by atoms with Gasteiger partial charge in [0.15, 0.2) is 6.23 Å². The van der Waals surface area contributed by atoms with Crippen molar-refractivity contribution in [2.75, 3.05) is 18.2 Å². The van der Waals surface area contributed by atoms with Crippen LogP contribution < -0.4 is 11.4 Å². The summed E-state index contributed by atoms with van der Waals surface area (Å²) in [4.78, 5) is 15.3. The number of nitrogens with zero attached hydrogens (tertiary/aromatic N) is 2. The van der Waals surface area contributed by atoms with Gasteiger partial charge in [-0.3, -0.25) is 4.57 Å². The molecule has 4 atom stereocenters. The Morgan fingerprint density at radius 2 is 2.30 bits per heavy atom. The second kappa shape index (κ2) is 4.97. The number of halogens is 1. The molecule has 5 N–H and O–H groups in total. The van der Waals surface area contributed by atoms with Gasteiger partial charge in [0.2, 0.25) is 0 Å². The van der Waals surface area contributed by atoms with Crippen LogP contribution in [0.15, 0.2) is 17.1 Å². The highest BCUT2D eigenvalue weighted by molar-refractivity contribution is 6.18. The Balaban J connectivity index is 2.50. The van der Waals surface area contributed by atoms with E-state index in [1.807, 2.05) is 0 Å². The first-order chi connectivity index (χ1) is 9.28. The van der Waals surface area contributed by atoms with E-state index in [2.05, 4.69) is 4.98 Å². The fourth-order valence-electron chi connectivity index (χ4n) is 2.29. The van der Waals surface area contributed by atoms with E-state index >= 15 is 0 Å². The van der Waals surface area contributed by atoms with Gasteiger partial charge in [0, 0.05) is 6.20 Å². The number of aliphatic hydroxyl groups is 3. The van der Waals surface area contributed by atoms with Gasteiger partial charge in [0.25, 0.3) is 0 Å². The van der Waals surface area contributed by atoms with Gasteiger partial charge < -0.3 is 25.8 Å². The Kier molecular flexibility index (Phi) is 3.78. The molecule has 0 spiro atoms. The lowest BCUT2D eigenvalue weighted by molar-refractivity contribution is -0.120. The zero-order chi connectivity index (χ0) is 15.1. The molecule has 2 heterocycles. The molecule has 1 fully saturated rings. The SMILES string of the molecule is C[C@@]1(O)[C@H](O)[C@](CO)(CCl)O[C@H]1n1ccc(N)nc1=O. The number of aliphatic hydroxyl groups excluding tert-OH is 2. The van der Waals surface area contributed by atoms with Crippen LogP contribution in [0.4, 0.5) is 5.82 Å². The Morgan fingerprint density at radius 1 is 1.65 bits per heavy atom. The summed E-state index contributed by atoms with van der Waals surface area (Å²) in [6.45, 7) is 0.677. The van der Waals surface area contributed by atoms with Crippen molar-refractivity contribution in [3.05, 3.63) is 22.7 Å². The maximum absolute atomic E-state index is 11.8. The third-order valence-corrected chi connectivity index (χ3v) is 3.95. The highest BCUT2D eigenvalue weighted by Gasteiger charge is 2.61. The van der Waals surface area contributed by atoms with E-state index in [1.165, 1.54) is 19.2 Å². The minimum atomic E-state index is -1.83. The molecular formula is C11H16ClN3O5. The number of hydrogen-bond donors (Lipinski definition) is 4. The molecule has 0 saturated carbocycles. The third-order valence-electron chi connectivity index (χ3n) is 3.50. The lowest BCUT2D eigenvalue weighted by atomic mass is 9.89. The van der Waals surface area contributed by atoms with E-state index in [9.17, 15) is 20.1 Å². The number of nitrogens with two attached hydrogens (primary N) is 1. The molecule has 8 nitrogen and oxygen atoms in total. The van der Waals surface area contributed by atoms with E-state index < -0.39 is 35.8 Å². The Morgan fingerprint density at radius 3 is 2.75 bits per heavy atom. The molecule has 0 aliphatic carbocycles. The van der Waals surface area contributed by atoms with Crippen LogP contribution in [-0.2, 0) is 4.74 Å². The van der Waals surface area contributed by atoms with Crippen LogP contribution in [-0.4, -0.2) is 54.7 Å². The Labute approximate surface area is 119 Å². The molecule has 1 aromatic rings. The molecule has 0 radical (unpaired) electrons. The van der Waals surface area contributed by atoms with Crippen molar-refractivity contribution in [2.24, 2.45) is 0 Å². The topological polar surface area (TPSA) is 131 Å². The summed E-state index contributed by atoms with van der Waals surface area (Å²) < 4.78 is 6.47. The zero-order valence-electron chi connectivity index (χ0n) is 10.7. The minimum absolute atomic E-state index is 0.0233. The first-order valence-electron chi connectivity index (χ1n) is 5.88. The predicted octanol–water partition coefficient (Wildman–Crippen LogP) is -1.56. The normalized spacial score (nSPS) is 37.2. The molecule has 1 aromatic heterocycles. The van der Waals surface area contributed by atoms with Gasteiger partial charge in [-0.2, -0.15) is 4.98 Å². The van der Waals surface area contributed by atoms with Crippen molar-refractivity contribution in [2.45, 2.75) is 30.5 Å². The van der Waals surface area contributed by atoms with Gasteiger partial charge in [0.05, 0.1) is 12.5 Å². The second-order valence-electron chi connectivity index (χ2n) is 5.00. The highest BCUT2D eigenvalue weighted by atomic mass is 35.5. The van der Waals surface area contributed by atoms with Crippen LogP contribution in [0.25, 0.3) is 0 Å². The molecule has 9 heteroatoms. The summed E-state index contributed by atoms with van der Waals surface area (Å²) >= 11 is 5.73. The van der Waals surface area contributed by atoms with E-state index in [-0.39, 0.29) is 11.7 Å². The molecule has 2 rings (SSSR count). The Hall–Kier alpha value is -1.19. The maximum Gasteiger partial charge on any atom is 0.351 e. The standard InChI is InChI=1S/C11H16ClN3O5/c1-10(19)7(17)11(4-12,5-16)20-8(10)15-3-2-6(13)14-9(15)18/h2-3,7-8,16-17,19H,4-5H2,1H3,(H2,13,14,18)/t7-,8+,10+,11+/m0/s1. The van der Waals surface area contributed by atoms with Gasteiger partial charge in [-0.15, -0.1) is 11.6 Å². The predicted molar refractivity (Wildman–Crippen MR) is 70.2 cm³/mol. The fourth-order valence-corrected chi connectivity index (χ4v) is 2.58. The number of nitrogen functional groups attached to an aromatic ring is 1. The minimum Gasteiger partial charge on any atom is -0.393 e. The van der Waals surface area contributed by atoms with E-state index in [0.29, 0.717) is 0 Å². The third kappa shape index (κ3) is 2.09. The number of hydrogen-bond acceptors (Lipinski definition) is 7. The summed E-state index contributed by atoms with van der Waals surface area (Å²) in [6.07, 6.45) is -1.44.